The van der Waals surface area contributed by atoms with E-state index in [1.807, 2.05) is 0 Å². The van der Waals surface area contributed by atoms with Gasteiger partial charge in [-0.2, -0.15) is 0 Å². The monoisotopic (exact) mass is 240 g/mol. The lowest BCUT2D eigenvalue weighted by Crippen LogP contribution is -2.48. The third kappa shape index (κ3) is 1.51. The predicted octanol–water partition coefficient (Wildman–Crippen LogP) is 3.33. The summed E-state index contributed by atoms with van der Waals surface area (Å²) in [6.07, 6.45) is 4.82. The largest absolute Gasteiger partial charge is 0.412 e. The maximum Gasteiger partial charge on any atom is 0.184 e. The lowest BCUT2D eigenvalue weighted by atomic mass is 9.92. The zero-order chi connectivity index (χ0) is 11.8. The first-order valence-electron chi connectivity index (χ1n) is 6.57. The predicted molar refractivity (Wildman–Crippen MR) is 67.0 cm³/mol. The summed E-state index contributed by atoms with van der Waals surface area (Å²) in [5.74, 6) is 0.669. The van der Waals surface area contributed by atoms with Crippen molar-refractivity contribution in [3.8, 4) is 0 Å². The van der Waals surface area contributed by atoms with Gasteiger partial charge in [0.15, 0.2) is 8.32 Å². The summed E-state index contributed by atoms with van der Waals surface area (Å²) in [7, 11) is -1.43. The van der Waals surface area contributed by atoms with Gasteiger partial charge in [0.2, 0.25) is 0 Å². The minimum Gasteiger partial charge on any atom is -0.412 e. The van der Waals surface area contributed by atoms with E-state index in [1.165, 1.54) is 19.3 Å². The van der Waals surface area contributed by atoms with Gasteiger partial charge < -0.3 is 9.16 Å². The smallest absolute Gasteiger partial charge is 0.184 e. The zero-order valence-corrected chi connectivity index (χ0v) is 12.2. The van der Waals surface area contributed by atoms with Gasteiger partial charge in [0.05, 0.1) is 16.8 Å². The van der Waals surface area contributed by atoms with E-state index >= 15 is 0 Å². The molecule has 2 bridgehead atoms. The van der Waals surface area contributed by atoms with E-state index in [9.17, 15) is 0 Å². The Kier molecular flexibility index (Phi) is 1.94. The van der Waals surface area contributed by atoms with E-state index in [-0.39, 0.29) is 16.8 Å². The van der Waals surface area contributed by atoms with Crippen molar-refractivity contribution in [2.45, 2.75) is 76.0 Å². The van der Waals surface area contributed by atoms with E-state index in [4.69, 9.17) is 9.16 Å². The molecule has 1 saturated carbocycles. The minimum absolute atomic E-state index is 0.0986. The summed E-state index contributed by atoms with van der Waals surface area (Å²) in [5.41, 5.74) is 0.413. The molecule has 3 aliphatic rings. The van der Waals surface area contributed by atoms with E-state index < -0.39 is 8.32 Å². The van der Waals surface area contributed by atoms with E-state index in [1.54, 1.807) is 0 Å². The fourth-order valence-corrected chi connectivity index (χ4v) is 5.71. The molecule has 2 aliphatic heterocycles. The highest BCUT2D eigenvalue weighted by Gasteiger charge is 2.73. The Balaban J connectivity index is 1.87. The van der Waals surface area contributed by atoms with Crippen LogP contribution in [-0.4, -0.2) is 25.1 Å². The summed E-state index contributed by atoms with van der Waals surface area (Å²) in [6, 6.07) is 0. The molecule has 0 aromatic heterocycles. The van der Waals surface area contributed by atoms with Gasteiger partial charge >= 0.3 is 0 Å². The number of ether oxygens (including phenoxy) is 1. The molecule has 4 atom stereocenters. The standard InChI is InChI=1S/C13H24O2Si/c1-11-6-7-12(2,14-11)10-8-13(10,9-11)15-16(3,4)5/h10H,6-9H2,1-5H3/t10-,11+,12-,13-/m0/s1. The molecule has 0 spiro atoms. The Labute approximate surface area is 99.8 Å². The number of fused-ring (bicyclic) bond motifs is 4. The first-order chi connectivity index (χ1) is 7.17. The second-order valence-electron chi connectivity index (χ2n) is 7.58. The normalized spacial score (nSPS) is 54.9. The van der Waals surface area contributed by atoms with Crippen molar-refractivity contribution in [3.05, 3.63) is 0 Å². The van der Waals surface area contributed by atoms with Crippen LogP contribution in [0.1, 0.15) is 39.5 Å². The fraction of sp³-hybridized carbons (Fsp3) is 1.00. The van der Waals surface area contributed by atoms with Crippen molar-refractivity contribution in [3.63, 3.8) is 0 Å². The third-order valence-corrected chi connectivity index (χ3v) is 5.59. The molecule has 3 heteroatoms. The highest BCUT2D eigenvalue weighted by atomic mass is 28.4. The molecule has 3 rings (SSSR count). The van der Waals surface area contributed by atoms with Crippen LogP contribution in [0.4, 0.5) is 0 Å². The van der Waals surface area contributed by atoms with Crippen molar-refractivity contribution in [1.82, 2.24) is 0 Å². The quantitative estimate of drug-likeness (QED) is 0.689. The molecule has 3 fully saturated rings. The number of hydrogen-bond acceptors (Lipinski definition) is 2. The molecule has 0 amide bonds. The Morgan fingerprint density at radius 3 is 2.50 bits per heavy atom. The number of hydrogen-bond donors (Lipinski definition) is 0. The highest BCUT2D eigenvalue weighted by Crippen LogP contribution is 2.68. The molecule has 92 valence electrons. The number of rotatable bonds is 2. The van der Waals surface area contributed by atoms with Crippen LogP contribution < -0.4 is 0 Å². The summed E-state index contributed by atoms with van der Waals surface area (Å²) in [4.78, 5) is 0. The lowest BCUT2D eigenvalue weighted by molar-refractivity contribution is -0.156. The van der Waals surface area contributed by atoms with E-state index in [0.29, 0.717) is 5.92 Å². The molecular weight excluding hydrogens is 216 g/mol. The molecular formula is C13H24O2Si. The van der Waals surface area contributed by atoms with Crippen LogP contribution in [0.2, 0.25) is 19.6 Å². The van der Waals surface area contributed by atoms with Crippen molar-refractivity contribution in [2.24, 2.45) is 5.92 Å². The Morgan fingerprint density at radius 1 is 1.19 bits per heavy atom. The summed E-state index contributed by atoms with van der Waals surface area (Å²) < 4.78 is 12.8. The van der Waals surface area contributed by atoms with Gasteiger partial charge in [0, 0.05) is 12.3 Å². The minimum atomic E-state index is -1.43. The van der Waals surface area contributed by atoms with E-state index in [2.05, 4.69) is 33.5 Å². The van der Waals surface area contributed by atoms with Crippen molar-refractivity contribution < 1.29 is 9.16 Å². The summed E-state index contributed by atoms with van der Waals surface area (Å²) in [6.45, 7) is 11.5. The molecule has 0 aromatic carbocycles. The molecule has 2 heterocycles. The van der Waals surface area contributed by atoms with Gasteiger partial charge in [0.1, 0.15) is 0 Å². The first-order valence-corrected chi connectivity index (χ1v) is 9.98. The summed E-state index contributed by atoms with van der Waals surface area (Å²) >= 11 is 0. The van der Waals surface area contributed by atoms with Crippen molar-refractivity contribution >= 4 is 8.32 Å². The van der Waals surface area contributed by atoms with Crippen LogP contribution in [0.25, 0.3) is 0 Å². The van der Waals surface area contributed by atoms with Crippen molar-refractivity contribution in [2.75, 3.05) is 0 Å². The first kappa shape index (κ1) is 11.2. The van der Waals surface area contributed by atoms with Crippen LogP contribution in [-0.2, 0) is 9.16 Å². The highest BCUT2D eigenvalue weighted by molar-refractivity contribution is 6.69. The van der Waals surface area contributed by atoms with Crippen LogP contribution in [0.5, 0.6) is 0 Å². The maximum atomic E-state index is 6.51. The van der Waals surface area contributed by atoms with Crippen LogP contribution in [0, 0.1) is 5.92 Å². The maximum absolute atomic E-state index is 6.51. The fourth-order valence-electron chi connectivity index (χ4n) is 4.19. The third-order valence-electron chi connectivity index (χ3n) is 4.57. The van der Waals surface area contributed by atoms with Gasteiger partial charge in [-0.25, -0.2) is 0 Å². The van der Waals surface area contributed by atoms with Gasteiger partial charge in [-0.3, -0.25) is 0 Å². The molecule has 2 nitrogen and oxygen atoms in total. The zero-order valence-electron chi connectivity index (χ0n) is 11.2. The summed E-state index contributed by atoms with van der Waals surface area (Å²) in [5, 5.41) is 0. The molecule has 1 aliphatic carbocycles. The van der Waals surface area contributed by atoms with Gasteiger partial charge in [0.25, 0.3) is 0 Å². The van der Waals surface area contributed by atoms with Gasteiger partial charge in [-0.15, -0.1) is 0 Å². The molecule has 2 saturated heterocycles. The second kappa shape index (κ2) is 2.75. The van der Waals surface area contributed by atoms with Crippen LogP contribution in [0.15, 0.2) is 0 Å². The Hall–Kier alpha value is 0.137. The van der Waals surface area contributed by atoms with Gasteiger partial charge in [-0.05, 0) is 52.8 Å². The van der Waals surface area contributed by atoms with Gasteiger partial charge in [-0.1, -0.05) is 0 Å². The SMILES string of the molecule is C[C@]12CC[C@](C)(O1)[C@@H]1C[C@]1(O[Si](C)(C)C)C2. The molecule has 16 heavy (non-hydrogen) atoms. The molecule has 0 N–H and O–H groups in total. The molecule has 0 radical (unpaired) electrons. The van der Waals surface area contributed by atoms with Crippen LogP contribution >= 0.6 is 0 Å². The molecule has 0 aromatic rings. The Morgan fingerprint density at radius 2 is 1.88 bits per heavy atom. The Bertz CT molecular complexity index is 337. The van der Waals surface area contributed by atoms with Crippen LogP contribution in [0.3, 0.4) is 0 Å². The second-order valence-corrected chi connectivity index (χ2v) is 12.0. The van der Waals surface area contributed by atoms with Crippen molar-refractivity contribution in [1.29, 1.82) is 0 Å². The average Bonchev–Trinajstić information content (AvgIpc) is 2.65. The topological polar surface area (TPSA) is 18.5 Å². The lowest BCUT2D eigenvalue weighted by Gasteiger charge is -2.42. The average molecular weight is 240 g/mol. The van der Waals surface area contributed by atoms with E-state index in [0.717, 1.165) is 6.42 Å². The molecule has 0 unspecified atom stereocenters.